The molecule has 2 unspecified atom stereocenters. The van der Waals surface area contributed by atoms with E-state index >= 15 is 0 Å². The standard InChI is InChI=1S/C13H18N2O3S/c14-10-3-5-11(6-4-10)19(16,17)15-12-7-8-18-13(12)9-1-2-9/h3-6,9,12-13,15H,1-2,7-8,14H2. The number of nitrogen functional groups attached to an aromatic ring is 1. The van der Waals surface area contributed by atoms with Crippen LogP contribution in [-0.4, -0.2) is 27.2 Å². The summed E-state index contributed by atoms with van der Waals surface area (Å²) in [7, 11) is -3.48. The number of nitrogens with one attached hydrogen (secondary N) is 1. The number of hydrogen-bond donors (Lipinski definition) is 2. The summed E-state index contributed by atoms with van der Waals surface area (Å²) in [5.41, 5.74) is 6.12. The van der Waals surface area contributed by atoms with E-state index in [9.17, 15) is 8.42 Å². The van der Waals surface area contributed by atoms with Gasteiger partial charge in [-0.15, -0.1) is 0 Å². The quantitative estimate of drug-likeness (QED) is 0.811. The zero-order chi connectivity index (χ0) is 13.5. The minimum Gasteiger partial charge on any atom is -0.399 e. The summed E-state index contributed by atoms with van der Waals surface area (Å²) in [6, 6.07) is 6.14. The highest BCUT2D eigenvalue weighted by Crippen LogP contribution is 2.39. The maximum Gasteiger partial charge on any atom is 0.240 e. The highest BCUT2D eigenvalue weighted by molar-refractivity contribution is 7.89. The van der Waals surface area contributed by atoms with Crippen LogP contribution in [0.5, 0.6) is 0 Å². The molecule has 3 N–H and O–H groups in total. The molecule has 1 aliphatic heterocycles. The maximum absolute atomic E-state index is 12.3. The van der Waals surface area contributed by atoms with Gasteiger partial charge in [-0.2, -0.15) is 0 Å². The SMILES string of the molecule is Nc1ccc(S(=O)(=O)NC2CCOC2C2CC2)cc1. The van der Waals surface area contributed by atoms with Gasteiger partial charge in [-0.1, -0.05) is 0 Å². The molecule has 2 aliphatic rings. The zero-order valence-corrected chi connectivity index (χ0v) is 11.4. The average molecular weight is 282 g/mol. The molecule has 19 heavy (non-hydrogen) atoms. The van der Waals surface area contributed by atoms with Crippen molar-refractivity contribution < 1.29 is 13.2 Å². The van der Waals surface area contributed by atoms with Crippen LogP contribution in [0, 0.1) is 5.92 Å². The van der Waals surface area contributed by atoms with Gasteiger partial charge in [0.05, 0.1) is 17.0 Å². The van der Waals surface area contributed by atoms with E-state index in [1.807, 2.05) is 0 Å². The molecular weight excluding hydrogens is 264 g/mol. The highest BCUT2D eigenvalue weighted by atomic mass is 32.2. The van der Waals surface area contributed by atoms with E-state index in [1.165, 1.54) is 12.1 Å². The molecule has 0 spiro atoms. The van der Waals surface area contributed by atoms with Gasteiger partial charge in [0.25, 0.3) is 0 Å². The molecule has 5 nitrogen and oxygen atoms in total. The molecule has 1 aliphatic carbocycles. The van der Waals surface area contributed by atoms with E-state index in [-0.39, 0.29) is 17.0 Å². The second kappa shape index (κ2) is 4.77. The number of hydrogen-bond acceptors (Lipinski definition) is 4. The van der Waals surface area contributed by atoms with E-state index in [4.69, 9.17) is 10.5 Å². The molecule has 6 heteroatoms. The molecule has 0 radical (unpaired) electrons. The first-order valence-corrected chi connectivity index (χ1v) is 8.04. The van der Waals surface area contributed by atoms with Crippen LogP contribution < -0.4 is 10.5 Å². The molecule has 2 atom stereocenters. The summed E-state index contributed by atoms with van der Waals surface area (Å²) in [6.07, 6.45) is 3.08. The van der Waals surface area contributed by atoms with Crippen molar-refractivity contribution in [1.82, 2.24) is 4.72 Å². The third-order valence-corrected chi connectivity index (χ3v) is 5.23. The minimum atomic E-state index is -3.48. The van der Waals surface area contributed by atoms with E-state index in [0.717, 1.165) is 19.3 Å². The lowest BCUT2D eigenvalue weighted by atomic mass is 10.1. The third-order valence-electron chi connectivity index (χ3n) is 3.72. The Morgan fingerprint density at radius 1 is 1.16 bits per heavy atom. The molecule has 0 amide bonds. The van der Waals surface area contributed by atoms with Crippen molar-refractivity contribution >= 4 is 15.7 Å². The zero-order valence-electron chi connectivity index (χ0n) is 10.6. The fourth-order valence-electron chi connectivity index (χ4n) is 2.54. The van der Waals surface area contributed by atoms with E-state index in [1.54, 1.807) is 12.1 Å². The fourth-order valence-corrected chi connectivity index (χ4v) is 3.82. The van der Waals surface area contributed by atoms with Crippen LogP contribution in [0.25, 0.3) is 0 Å². The number of sulfonamides is 1. The number of rotatable bonds is 4. The second-order valence-electron chi connectivity index (χ2n) is 5.26. The highest BCUT2D eigenvalue weighted by Gasteiger charge is 2.42. The van der Waals surface area contributed by atoms with Gasteiger partial charge in [0, 0.05) is 12.3 Å². The second-order valence-corrected chi connectivity index (χ2v) is 6.97. The molecule has 1 heterocycles. The number of benzene rings is 1. The van der Waals surface area contributed by atoms with Gasteiger partial charge in [-0.25, -0.2) is 13.1 Å². The van der Waals surface area contributed by atoms with Crippen molar-refractivity contribution in [2.75, 3.05) is 12.3 Å². The molecular formula is C13H18N2O3S. The van der Waals surface area contributed by atoms with Gasteiger partial charge in [0.2, 0.25) is 10.0 Å². The first-order valence-electron chi connectivity index (χ1n) is 6.56. The van der Waals surface area contributed by atoms with E-state index in [0.29, 0.717) is 18.2 Å². The van der Waals surface area contributed by atoms with Gasteiger partial charge in [0.1, 0.15) is 0 Å². The maximum atomic E-state index is 12.3. The monoisotopic (exact) mass is 282 g/mol. The van der Waals surface area contributed by atoms with E-state index < -0.39 is 10.0 Å². The number of ether oxygens (including phenoxy) is 1. The third kappa shape index (κ3) is 2.75. The number of anilines is 1. The van der Waals surface area contributed by atoms with Crippen LogP contribution in [0.4, 0.5) is 5.69 Å². The van der Waals surface area contributed by atoms with Gasteiger partial charge in [-0.05, 0) is 49.4 Å². The molecule has 2 fully saturated rings. The molecule has 0 aromatic heterocycles. The predicted octanol–water partition coefficient (Wildman–Crippen LogP) is 1.11. The summed E-state index contributed by atoms with van der Waals surface area (Å²) in [5, 5.41) is 0. The van der Waals surface area contributed by atoms with Crippen LogP contribution in [0.3, 0.4) is 0 Å². The molecule has 1 saturated carbocycles. The molecule has 1 aromatic carbocycles. The van der Waals surface area contributed by atoms with Gasteiger partial charge in [0.15, 0.2) is 0 Å². The largest absolute Gasteiger partial charge is 0.399 e. The van der Waals surface area contributed by atoms with Crippen molar-refractivity contribution in [3.05, 3.63) is 24.3 Å². The molecule has 3 rings (SSSR count). The molecule has 1 aromatic rings. The number of nitrogens with two attached hydrogens (primary N) is 1. The minimum absolute atomic E-state index is 0.0450. The summed E-state index contributed by atoms with van der Waals surface area (Å²) in [4.78, 5) is 0.253. The van der Waals surface area contributed by atoms with Crippen molar-refractivity contribution in [3.63, 3.8) is 0 Å². The Kier molecular flexibility index (Phi) is 3.24. The molecule has 104 valence electrons. The van der Waals surface area contributed by atoms with Gasteiger partial charge >= 0.3 is 0 Å². The van der Waals surface area contributed by atoms with Crippen LogP contribution in [0.2, 0.25) is 0 Å². The Morgan fingerprint density at radius 2 is 1.84 bits per heavy atom. The average Bonchev–Trinajstić information content (AvgIpc) is 3.11. The topological polar surface area (TPSA) is 81.4 Å². The fraction of sp³-hybridized carbons (Fsp3) is 0.538. The van der Waals surface area contributed by atoms with Crippen LogP contribution in [-0.2, 0) is 14.8 Å². The lowest BCUT2D eigenvalue weighted by molar-refractivity contribution is 0.0848. The normalized spacial score (nSPS) is 27.6. The summed E-state index contributed by atoms with van der Waals surface area (Å²) < 4.78 is 33.0. The smallest absolute Gasteiger partial charge is 0.240 e. The van der Waals surface area contributed by atoms with Crippen LogP contribution >= 0.6 is 0 Å². The predicted molar refractivity (Wildman–Crippen MR) is 72.0 cm³/mol. The van der Waals surface area contributed by atoms with Crippen molar-refractivity contribution in [1.29, 1.82) is 0 Å². The van der Waals surface area contributed by atoms with E-state index in [2.05, 4.69) is 4.72 Å². The Morgan fingerprint density at radius 3 is 2.47 bits per heavy atom. The molecule has 0 bridgehead atoms. The summed E-state index contributed by atoms with van der Waals surface area (Å²) in [6.45, 7) is 0.635. The Bertz CT molecular complexity index is 552. The lowest BCUT2D eigenvalue weighted by Gasteiger charge is -2.19. The lowest BCUT2D eigenvalue weighted by Crippen LogP contribution is -2.41. The Labute approximate surface area is 113 Å². The van der Waals surface area contributed by atoms with Crippen LogP contribution in [0.1, 0.15) is 19.3 Å². The molecule has 1 saturated heterocycles. The van der Waals surface area contributed by atoms with Crippen molar-refractivity contribution in [3.8, 4) is 0 Å². The van der Waals surface area contributed by atoms with Crippen molar-refractivity contribution in [2.45, 2.75) is 36.3 Å². The van der Waals surface area contributed by atoms with Crippen molar-refractivity contribution in [2.24, 2.45) is 5.92 Å². The summed E-state index contributed by atoms with van der Waals surface area (Å²) >= 11 is 0. The first-order chi connectivity index (χ1) is 9.06. The summed E-state index contributed by atoms with van der Waals surface area (Å²) in [5.74, 6) is 0.529. The van der Waals surface area contributed by atoms with Gasteiger partial charge < -0.3 is 10.5 Å². The Balaban J connectivity index is 1.75. The first kappa shape index (κ1) is 12.9. The van der Waals surface area contributed by atoms with Crippen LogP contribution in [0.15, 0.2) is 29.2 Å². The van der Waals surface area contributed by atoms with Gasteiger partial charge in [-0.3, -0.25) is 0 Å². The Hall–Kier alpha value is -1.11.